The van der Waals surface area contributed by atoms with E-state index in [0.717, 1.165) is 0 Å². The first kappa shape index (κ1) is 13.8. The van der Waals surface area contributed by atoms with Gasteiger partial charge in [-0.25, -0.2) is 4.79 Å². The van der Waals surface area contributed by atoms with Crippen molar-refractivity contribution in [3.05, 3.63) is 0 Å². The van der Waals surface area contributed by atoms with E-state index >= 15 is 0 Å². The molecule has 1 rings (SSSR count). The molecule has 6 heteroatoms. The summed E-state index contributed by atoms with van der Waals surface area (Å²) < 4.78 is 5.09. The van der Waals surface area contributed by atoms with Crippen molar-refractivity contribution in [2.24, 2.45) is 0 Å². The van der Waals surface area contributed by atoms with Gasteiger partial charge in [-0.1, -0.05) is 0 Å². The third-order valence-electron chi connectivity index (χ3n) is 2.81. The summed E-state index contributed by atoms with van der Waals surface area (Å²) in [6, 6.07) is -0.502. The fraction of sp³-hybridized carbons (Fsp3) is 0.818. The summed E-state index contributed by atoms with van der Waals surface area (Å²) in [5.41, 5.74) is 0. The SMILES string of the molecule is CC(C)OC(=O)N1CCN(C(C)C(=O)O)CC1. The minimum Gasteiger partial charge on any atom is -0.480 e. The van der Waals surface area contributed by atoms with Crippen LogP contribution in [0.4, 0.5) is 4.79 Å². The number of piperazine rings is 1. The van der Waals surface area contributed by atoms with Gasteiger partial charge in [0.2, 0.25) is 0 Å². The van der Waals surface area contributed by atoms with Gasteiger partial charge < -0.3 is 14.7 Å². The first-order chi connectivity index (χ1) is 7.91. The van der Waals surface area contributed by atoms with Crippen molar-refractivity contribution in [2.45, 2.75) is 32.9 Å². The molecule has 0 bridgehead atoms. The van der Waals surface area contributed by atoms with E-state index < -0.39 is 12.0 Å². The van der Waals surface area contributed by atoms with Gasteiger partial charge in [-0.2, -0.15) is 0 Å². The Morgan fingerprint density at radius 1 is 1.12 bits per heavy atom. The third-order valence-corrected chi connectivity index (χ3v) is 2.81. The van der Waals surface area contributed by atoms with Crippen LogP contribution in [-0.4, -0.2) is 65.3 Å². The summed E-state index contributed by atoms with van der Waals surface area (Å²) in [6.07, 6.45) is -0.443. The number of carbonyl (C=O) groups is 2. The molecule has 0 aliphatic carbocycles. The standard InChI is InChI=1S/C11H20N2O4/c1-8(2)17-11(16)13-6-4-12(5-7-13)9(3)10(14)15/h8-9H,4-7H2,1-3H3,(H,14,15). The molecule has 98 valence electrons. The number of rotatable bonds is 3. The quantitative estimate of drug-likeness (QED) is 0.788. The minimum atomic E-state index is -0.830. The highest BCUT2D eigenvalue weighted by molar-refractivity contribution is 5.73. The molecule has 1 N–H and O–H groups in total. The Labute approximate surface area is 101 Å². The number of aliphatic carboxylic acids is 1. The average Bonchev–Trinajstić information content (AvgIpc) is 2.27. The number of carboxylic acid groups (broad SMARTS) is 1. The van der Waals surface area contributed by atoms with Crippen molar-refractivity contribution in [1.29, 1.82) is 0 Å². The van der Waals surface area contributed by atoms with Crippen LogP contribution in [0.2, 0.25) is 0 Å². The van der Waals surface area contributed by atoms with Crippen LogP contribution < -0.4 is 0 Å². The fourth-order valence-electron chi connectivity index (χ4n) is 1.72. The fourth-order valence-corrected chi connectivity index (χ4v) is 1.72. The second-order valence-corrected chi connectivity index (χ2v) is 4.47. The van der Waals surface area contributed by atoms with Crippen LogP contribution in [0.25, 0.3) is 0 Å². The van der Waals surface area contributed by atoms with Crippen molar-refractivity contribution < 1.29 is 19.4 Å². The summed E-state index contributed by atoms with van der Waals surface area (Å²) in [4.78, 5) is 25.9. The maximum absolute atomic E-state index is 11.6. The Hall–Kier alpha value is -1.30. The van der Waals surface area contributed by atoms with Gasteiger partial charge in [-0.3, -0.25) is 9.69 Å². The predicted molar refractivity (Wildman–Crippen MR) is 61.9 cm³/mol. The molecule has 0 aromatic heterocycles. The zero-order valence-corrected chi connectivity index (χ0v) is 10.5. The number of carboxylic acids is 1. The summed E-state index contributed by atoms with van der Waals surface area (Å²) in [5, 5.41) is 8.88. The zero-order valence-electron chi connectivity index (χ0n) is 10.5. The lowest BCUT2D eigenvalue weighted by atomic mass is 10.2. The Balaban J connectivity index is 2.40. The molecule has 0 spiro atoms. The first-order valence-corrected chi connectivity index (χ1v) is 5.84. The van der Waals surface area contributed by atoms with E-state index in [1.54, 1.807) is 25.7 Å². The molecule has 17 heavy (non-hydrogen) atoms. The summed E-state index contributed by atoms with van der Waals surface area (Å²) in [7, 11) is 0. The highest BCUT2D eigenvalue weighted by atomic mass is 16.6. The van der Waals surface area contributed by atoms with Crippen molar-refractivity contribution in [3.8, 4) is 0 Å². The van der Waals surface area contributed by atoms with Gasteiger partial charge in [0, 0.05) is 26.2 Å². The minimum absolute atomic E-state index is 0.126. The Bertz CT molecular complexity index is 285. The van der Waals surface area contributed by atoms with Gasteiger partial charge in [0.15, 0.2) is 0 Å². The normalized spacial score (nSPS) is 19.2. The van der Waals surface area contributed by atoms with Crippen molar-refractivity contribution >= 4 is 12.1 Å². The maximum atomic E-state index is 11.6. The number of carbonyl (C=O) groups excluding carboxylic acids is 1. The highest BCUT2D eigenvalue weighted by Crippen LogP contribution is 2.08. The molecule has 1 aliphatic heterocycles. The monoisotopic (exact) mass is 244 g/mol. The third kappa shape index (κ3) is 3.89. The molecular formula is C11H20N2O4. The molecule has 6 nitrogen and oxygen atoms in total. The highest BCUT2D eigenvalue weighted by Gasteiger charge is 2.27. The van der Waals surface area contributed by atoms with Crippen LogP contribution in [0.15, 0.2) is 0 Å². The molecular weight excluding hydrogens is 224 g/mol. The van der Waals surface area contributed by atoms with E-state index in [1.165, 1.54) is 0 Å². The van der Waals surface area contributed by atoms with Crippen molar-refractivity contribution in [3.63, 3.8) is 0 Å². The smallest absolute Gasteiger partial charge is 0.410 e. The summed E-state index contributed by atoms with van der Waals surface area (Å²) >= 11 is 0. The van der Waals surface area contributed by atoms with Crippen molar-refractivity contribution in [1.82, 2.24) is 9.80 Å². The Morgan fingerprint density at radius 3 is 2.06 bits per heavy atom. The van der Waals surface area contributed by atoms with Gasteiger partial charge in [0.25, 0.3) is 0 Å². The Kier molecular flexibility index (Phi) is 4.74. The lowest BCUT2D eigenvalue weighted by Gasteiger charge is -2.36. The Morgan fingerprint density at radius 2 is 1.65 bits per heavy atom. The number of hydrogen-bond donors (Lipinski definition) is 1. The molecule has 1 saturated heterocycles. The number of nitrogens with zero attached hydrogens (tertiary/aromatic N) is 2. The van der Waals surface area contributed by atoms with E-state index in [-0.39, 0.29) is 12.2 Å². The van der Waals surface area contributed by atoms with Crippen LogP contribution in [0.3, 0.4) is 0 Å². The molecule has 1 atom stereocenters. The number of hydrogen-bond acceptors (Lipinski definition) is 4. The molecule has 0 aromatic rings. The molecule has 1 unspecified atom stereocenters. The first-order valence-electron chi connectivity index (χ1n) is 5.84. The topological polar surface area (TPSA) is 70.1 Å². The van der Waals surface area contributed by atoms with Gasteiger partial charge in [0.1, 0.15) is 6.04 Å². The molecule has 0 saturated carbocycles. The van der Waals surface area contributed by atoms with Crippen LogP contribution >= 0.6 is 0 Å². The van der Waals surface area contributed by atoms with Gasteiger partial charge >= 0.3 is 12.1 Å². The summed E-state index contributed by atoms with van der Waals surface area (Å²) in [5.74, 6) is -0.830. The van der Waals surface area contributed by atoms with Gasteiger partial charge in [-0.05, 0) is 20.8 Å². The van der Waals surface area contributed by atoms with E-state index in [9.17, 15) is 9.59 Å². The molecule has 1 amide bonds. The van der Waals surface area contributed by atoms with E-state index in [0.29, 0.717) is 26.2 Å². The molecule has 1 aliphatic rings. The second kappa shape index (κ2) is 5.86. The van der Waals surface area contributed by atoms with Crippen molar-refractivity contribution in [2.75, 3.05) is 26.2 Å². The van der Waals surface area contributed by atoms with Crippen LogP contribution in [-0.2, 0) is 9.53 Å². The molecule has 1 fully saturated rings. The van der Waals surface area contributed by atoms with Gasteiger partial charge in [0.05, 0.1) is 6.10 Å². The van der Waals surface area contributed by atoms with E-state index in [4.69, 9.17) is 9.84 Å². The van der Waals surface area contributed by atoms with Crippen LogP contribution in [0.1, 0.15) is 20.8 Å². The van der Waals surface area contributed by atoms with E-state index in [1.807, 2.05) is 4.90 Å². The number of ether oxygens (including phenoxy) is 1. The molecule has 1 heterocycles. The van der Waals surface area contributed by atoms with Gasteiger partial charge in [-0.15, -0.1) is 0 Å². The predicted octanol–water partition coefficient (Wildman–Crippen LogP) is 0.622. The van der Waals surface area contributed by atoms with Crippen LogP contribution in [0.5, 0.6) is 0 Å². The lowest BCUT2D eigenvalue weighted by molar-refractivity contribution is -0.143. The second-order valence-electron chi connectivity index (χ2n) is 4.47. The van der Waals surface area contributed by atoms with E-state index in [2.05, 4.69) is 0 Å². The average molecular weight is 244 g/mol. The lowest BCUT2D eigenvalue weighted by Crippen LogP contribution is -2.53. The summed E-state index contributed by atoms with van der Waals surface area (Å²) in [6.45, 7) is 7.44. The molecule has 0 radical (unpaired) electrons. The zero-order chi connectivity index (χ0) is 13.0. The van der Waals surface area contributed by atoms with Crippen LogP contribution in [0, 0.1) is 0 Å². The maximum Gasteiger partial charge on any atom is 0.410 e. The number of amides is 1. The molecule has 0 aromatic carbocycles. The largest absolute Gasteiger partial charge is 0.480 e.